The van der Waals surface area contributed by atoms with E-state index >= 15 is 0 Å². The standard InChI is InChI=1S/C10H12BrFO/c1-10(2,12)7-5-4-6-8(11)9(7)13-3/h4-6H,1-3H3. The van der Waals surface area contributed by atoms with Gasteiger partial charge in [-0.05, 0) is 35.8 Å². The molecule has 0 aliphatic carbocycles. The lowest BCUT2D eigenvalue weighted by Gasteiger charge is -2.18. The Hall–Kier alpha value is -0.570. The van der Waals surface area contributed by atoms with E-state index in [1.54, 1.807) is 12.1 Å². The minimum Gasteiger partial charge on any atom is -0.495 e. The fourth-order valence-electron chi connectivity index (χ4n) is 1.18. The molecule has 0 aliphatic rings. The first-order chi connectivity index (χ1) is 5.96. The van der Waals surface area contributed by atoms with Gasteiger partial charge in [0.1, 0.15) is 11.4 Å². The van der Waals surface area contributed by atoms with Crippen LogP contribution in [0.4, 0.5) is 4.39 Å². The summed E-state index contributed by atoms with van der Waals surface area (Å²) in [4.78, 5) is 0. The summed E-state index contributed by atoms with van der Waals surface area (Å²) in [6.45, 7) is 3.02. The molecule has 1 aromatic rings. The van der Waals surface area contributed by atoms with Crippen molar-refractivity contribution in [3.8, 4) is 5.75 Å². The number of alkyl halides is 1. The lowest BCUT2D eigenvalue weighted by Crippen LogP contribution is -2.10. The Morgan fingerprint density at radius 3 is 2.38 bits per heavy atom. The van der Waals surface area contributed by atoms with Crippen LogP contribution >= 0.6 is 15.9 Å². The highest BCUT2D eigenvalue weighted by Crippen LogP contribution is 2.37. The van der Waals surface area contributed by atoms with Crippen molar-refractivity contribution < 1.29 is 9.13 Å². The van der Waals surface area contributed by atoms with Gasteiger partial charge in [0.2, 0.25) is 0 Å². The summed E-state index contributed by atoms with van der Waals surface area (Å²) >= 11 is 3.31. The van der Waals surface area contributed by atoms with Crippen LogP contribution in [-0.2, 0) is 5.67 Å². The van der Waals surface area contributed by atoms with E-state index in [0.717, 1.165) is 4.47 Å². The van der Waals surface area contributed by atoms with Crippen LogP contribution < -0.4 is 4.74 Å². The molecule has 0 aliphatic heterocycles. The zero-order valence-corrected chi connectivity index (χ0v) is 9.48. The second-order valence-electron chi connectivity index (χ2n) is 3.29. The summed E-state index contributed by atoms with van der Waals surface area (Å²) in [5.74, 6) is 0.565. The van der Waals surface area contributed by atoms with Gasteiger partial charge in [0.25, 0.3) is 0 Å². The molecular formula is C10H12BrFO. The maximum absolute atomic E-state index is 13.6. The Balaban J connectivity index is 3.29. The van der Waals surface area contributed by atoms with Crippen molar-refractivity contribution in [1.29, 1.82) is 0 Å². The molecule has 0 N–H and O–H groups in total. The summed E-state index contributed by atoms with van der Waals surface area (Å²) in [5.41, 5.74) is -0.820. The quantitative estimate of drug-likeness (QED) is 0.774. The third-order valence-corrected chi connectivity index (χ3v) is 2.44. The topological polar surface area (TPSA) is 9.23 Å². The molecular weight excluding hydrogens is 235 g/mol. The van der Waals surface area contributed by atoms with Gasteiger partial charge >= 0.3 is 0 Å². The van der Waals surface area contributed by atoms with Gasteiger partial charge in [0.15, 0.2) is 0 Å². The van der Waals surface area contributed by atoms with Crippen LogP contribution in [0.25, 0.3) is 0 Å². The van der Waals surface area contributed by atoms with Crippen molar-refractivity contribution in [3.05, 3.63) is 28.2 Å². The van der Waals surface area contributed by atoms with E-state index in [9.17, 15) is 4.39 Å². The highest BCUT2D eigenvalue weighted by Gasteiger charge is 2.24. The van der Waals surface area contributed by atoms with E-state index in [0.29, 0.717) is 11.3 Å². The predicted molar refractivity (Wildman–Crippen MR) is 54.8 cm³/mol. The summed E-state index contributed by atoms with van der Waals surface area (Å²) < 4.78 is 19.5. The average molecular weight is 247 g/mol. The average Bonchev–Trinajstić information content (AvgIpc) is 2.02. The number of hydrogen-bond acceptors (Lipinski definition) is 1. The molecule has 72 valence electrons. The number of methoxy groups -OCH3 is 1. The zero-order valence-electron chi connectivity index (χ0n) is 7.90. The van der Waals surface area contributed by atoms with Crippen LogP contribution in [-0.4, -0.2) is 7.11 Å². The number of hydrogen-bond donors (Lipinski definition) is 0. The highest BCUT2D eigenvalue weighted by molar-refractivity contribution is 9.10. The molecule has 3 heteroatoms. The summed E-state index contributed by atoms with van der Waals surface area (Å²) in [5, 5.41) is 0. The molecule has 0 aromatic heterocycles. The van der Waals surface area contributed by atoms with Gasteiger partial charge in [-0.25, -0.2) is 4.39 Å². The predicted octanol–water partition coefficient (Wildman–Crippen LogP) is 3.66. The molecule has 1 rings (SSSR count). The van der Waals surface area contributed by atoms with E-state index in [1.807, 2.05) is 6.07 Å². The fourth-order valence-corrected chi connectivity index (χ4v) is 1.71. The number of ether oxygens (including phenoxy) is 1. The fraction of sp³-hybridized carbons (Fsp3) is 0.400. The molecule has 0 fully saturated rings. The normalized spacial score (nSPS) is 11.5. The van der Waals surface area contributed by atoms with Gasteiger partial charge in [-0.3, -0.25) is 0 Å². The van der Waals surface area contributed by atoms with Gasteiger partial charge in [-0.15, -0.1) is 0 Å². The Morgan fingerprint density at radius 1 is 1.38 bits per heavy atom. The first-order valence-electron chi connectivity index (χ1n) is 3.98. The van der Waals surface area contributed by atoms with Crippen LogP contribution in [0, 0.1) is 0 Å². The minimum absolute atomic E-state index is 0.560. The third kappa shape index (κ3) is 2.21. The molecule has 0 saturated heterocycles. The maximum Gasteiger partial charge on any atom is 0.139 e. The van der Waals surface area contributed by atoms with Crippen molar-refractivity contribution >= 4 is 15.9 Å². The van der Waals surface area contributed by atoms with Gasteiger partial charge < -0.3 is 4.74 Å². The smallest absolute Gasteiger partial charge is 0.139 e. The van der Waals surface area contributed by atoms with Crippen molar-refractivity contribution in [2.24, 2.45) is 0 Å². The van der Waals surface area contributed by atoms with Crippen LogP contribution in [0.1, 0.15) is 19.4 Å². The van der Waals surface area contributed by atoms with Crippen LogP contribution in [0.5, 0.6) is 5.75 Å². The van der Waals surface area contributed by atoms with E-state index in [4.69, 9.17) is 4.74 Å². The van der Waals surface area contributed by atoms with Crippen LogP contribution in [0.15, 0.2) is 22.7 Å². The largest absolute Gasteiger partial charge is 0.495 e. The Labute approximate surface area is 86.0 Å². The Morgan fingerprint density at radius 2 is 2.00 bits per heavy atom. The minimum atomic E-state index is -1.38. The van der Waals surface area contributed by atoms with E-state index < -0.39 is 5.67 Å². The number of rotatable bonds is 2. The van der Waals surface area contributed by atoms with Gasteiger partial charge in [-0.1, -0.05) is 12.1 Å². The molecule has 1 aromatic carbocycles. The van der Waals surface area contributed by atoms with Gasteiger partial charge in [-0.2, -0.15) is 0 Å². The second-order valence-corrected chi connectivity index (χ2v) is 4.15. The van der Waals surface area contributed by atoms with Crippen LogP contribution in [0.2, 0.25) is 0 Å². The molecule has 0 unspecified atom stereocenters. The summed E-state index contributed by atoms with van der Waals surface area (Å²) in [7, 11) is 1.54. The van der Waals surface area contributed by atoms with E-state index in [1.165, 1.54) is 21.0 Å². The second kappa shape index (κ2) is 3.66. The van der Waals surface area contributed by atoms with Crippen molar-refractivity contribution in [1.82, 2.24) is 0 Å². The van der Waals surface area contributed by atoms with Crippen molar-refractivity contribution in [3.63, 3.8) is 0 Å². The number of benzene rings is 1. The monoisotopic (exact) mass is 246 g/mol. The SMILES string of the molecule is COc1c(Br)cccc1C(C)(C)F. The third-order valence-electron chi connectivity index (χ3n) is 1.81. The highest BCUT2D eigenvalue weighted by atomic mass is 79.9. The molecule has 0 saturated carbocycles. The molecule has 13 heavy (non-hydrogen) atoms. The molecule has 0 spiro atoms. The molecule has 0 bridgehead atoms. The summed E-state index contributed by atoms with van der Waals surface area (Å²) in [6.07, 6.45) is 0. The first kappa shape index (κ1) is 10.5. The van der Waals surface area contributed by atoms with E-state index in [-0.39, 0.29) is 0 Å². The lowest BCUT2D eigenvalue weighted by molar-refractivity contribution is 0.213. The maximum atomic E-state index is 13.6. The Bertz CT molecular complexity index is 304. The Kier molecular flexibility index (Phi) is 2.96. The van der Waals surface area contributed by atoms with E-state index in [2.05, 4.69) is 15.9 Å². The molecule has 1 nitrogen and oxygen atoms in total. The number of halogens is 2. The molecule has 0 amide bonds. The van der Waals surface area contributed by atoms with Gasteiger partial charge in [0.05, 0.1) is 11.6 Å². The lowest BCUT2D eigenvalue weighted by atomic mass is 9.99. The van der Waals surface area contributed by atoms with Crippen molar-refractivity contribution in [2.45, 2.75) is 19.5 Å². The van der Waals surface area contributed by atoms with Crippen molar-refractivity contribution in [2.75, 3.05) is 7.11 Å². The first-order valence-corrected chi connectivity index (χ1v) is 4.78. The van der Waals surface area contributed by atoms with Gasteiger partial charge in [0, 0.05) is 5.56 Å². The van der Waals surface area contributed by atoms with Crippen LogP contribution in [0.3, 0.4) is 0 Å². The number of para-hydroxylation sites is 1. The summed E-state index contributed by atoms with van der Waals surface area (Å²) in [6, 6.07) is 5.35. The zero-order chi connectivity index (χ0) is 10.1. The molecule has 0 atom stereocenters. The molecule has 0 heterocycles. The molecule has 0 radical (unpaired) electrons.